The Labute approximate surface area is 153 Å². The summed E-state index contributed by atoms with van der Waals surface area (Å²) in [5, 5.41) is 2.57. The van der Waals surface area contributed by atoms with Crippen LogP contribution in [0.5, 0.6) is 5.75 Å². The van der Waals surface area contributed by atoms with Crippen LogP contribution in [-0.2, 0) is 14.8 Å². The largest absolute Gasteiger partial charge is 0.497 e. The monoisotopic (exact) mass is 389 g/mol. The lowest BCUT2D eigenvalue weighted by atomic mass is 10.2. The zero-order valence-corrected chi connectivity index (χ0v) is 15.9. The maximum Gasteiger partial charge on any atom is 0.221 e. The lowest BCUT2D eigenvalue weighted by Crippen LogP contribution is -2.50. The second-order valence-electron chi connectivity index (χ2n) is 5.69. The third-order valence-corrected chi connectivity index (χ3v) is 6.13. The van der Waals surface area contributed by atoms with Gasteiger partial charge in [-0.2, -0.15) is 4.31 Å². The lowest BCUT2D eigenvalue weighted by molar-refractivity contribution is -0.120. The first kappa shape index (κ1) is 19.8. The average molecular weight is 390 g/mol. The highest BCUT2D eigenvalue weighted by atomic mass is 35.5. The normalized spacial score (nSPS) is 15.8. The smallest absolute Gasteiger partial charge is 0.221 e. The van der Waals surface area contributed by atoms with Crippen LogP contribution in [0.4, 0.5) is 5.69 Å². The zero-order valence-electron chi connectivity index (χ0n) is 14.3. The first-order valence-corrected chi connectivity index (χ1v) is 10.3. The molecule has 2 rings (SSSR count). The fourth-order valence-corrected chi connectivity index (χ4v) is 4.15. The van der Waals surface area contributed by atoms with Gasteiger partial charge in [0.05, 0.1) is 12.9 Å². The summed E-state index contributed by atoms with van der Waals surface area (Å²) in [6.07, 6.45) is 0.197. The van der Waals surface area contributed by atoms with E-state index < -0.39 is 10.0 Å². The van der Waals surface area contributed by atoms with Crippen molar-refractivity contribution in [2.24, 2.45) is 0 Å². The number of anilines is 1. The minimum absolute atomic E-state index is 0.0937. The molecule has 0 aliphatic carbocycles. The molecular formula is C16H24ClN3O4S. The molecule has 1 aromatic carbocycles. The van der Waals surface area contributed by atoms with Gasteiger partial charge in [0, 0.05) is 50.7 Å². The van der Waals surface area contributed by atoms with Gasteiger partial charge in [-0.3, -0.25) is 4.79 Å². The molecule has 7 nitrogen and oxygen atoms in total. The van der Waals surface area contributed by atoms with Gasteiger partial charge in [-0.25, -0.2) is 8.42 Å². The first-order valence-electron chi connectivity index (χ1n) is 8.16. The number of carbonyl (C=O) groups is 1. The van der Waals surface area contributed by atoms with E-state index in [1.807, 2.05) is 24.3 Å². The van der Waals surface area contributed by atoms with Crippen LogP contribution in [0.3, 0.4) is 0 Å². The molecule has 1 aromatic rings. The molecule has 0 bridgehead atoms. The quantitative estimate of drug-likeness (QED) is 0.668. The minimum atomic E-state index is -3.37. The molecule has 1 fully saturated rings. The molecule has 140 valence electrons. The standard InChI is InChI=1S/C16H24ClN3O4S/c1-24-15-4-2-14(3-5-15)19-9-11-20(12-10-19)25(22,23)13-8-18-16(21)6-7-17/h2-5H,6-13H2,1H3,(H,18,21). The Kier molecular flexibility index (Phi) is 7.34. The van der Waals surface area contributed by atoms with Crippen LogP contribution in [0, 0.1) is 0 Å². The molecule has 9 heteroatoms. The van der Waals surface area contributed by atoms with Gasteiger partial charge in [-0.05, 0) is 24.3 Å². The van der Waals surface area contributed by atoms with E-state index in [2.05, 4.69) is 10.2 Å². The Balaban J connectivity index is 1.82. The number of rotatable bonds is 8. The number of hydrogen-bond acceptors (Lipinski definition) is 5. The summed E-state index contributed by atoms with van der Waals surface area (Å²) in [4.78, 5) is 13.5. The second kappa shape index (κ2) is 9.26. The Morgan fingerprint density at radius 2 is 1.84 bits per heavy atom. The third kappa shape index (κ3) is 5.76. The molecule has 25 heavy (non-hydrogen) atoms. The molecule has 1 N–H and O–H groups in total. The molecule has 0 aromatic heterocycles. The molecule has 1 aliphatic heterocycles. The summed E-state index contributed by atoms with van der Waals surface area (Å²) in [5.41, 5.74) is 1.05. The van der Waals surface area contributed by atoms with Gasteiger partial charge in [-0.1, -0.05) is 0 Å². The van der Waals surface area contributed by atoms with Crippen LogP contribution >= 0.6 is 11.6 Å². The fourth-order valence-electron chi connectivity index (χ4n) is 2.64. The van der Waals surface area contributed by atoms with Crippen molar-refractivity contribution in [2.75, 3.05) is 56.4 Å². The van der Waals surface area contributed by atoms with E-state index in [-0.39, 0.29) is 30.5 Å². The molecule has 0 atom stereocenters. The van der Waals surface area contributed by atoms with Crippen LogP contribution < -0.4 is 15.0 Å². The van der Waals surface area contributed by atoms with Crippen molar-refractivity contribution in [1.29, 1.82) is 0 Å². The zero-order chi connectivity index (χ0) is 18.3. The summed E-state index contributed by atoms with van der Waals surface area (Å²) >= 11 is 5.47. The molecule has 0 spiro atoms. The van der Waals surface area contributed by atoms with Crippen LogP contribution in [0.2, 0.25) is 0 Å². The average Bonchev–Trinajstić information content (AvgIpc) is 2.62. The van der Waals surface area contributed by atoms with E-state index in [1.54, 1.807) is 7.11 Å². The van der Waals surface area contributed by atoms with Crippen molar-refractivity contribution in [3.63, 3.8) is 0 Å². The molecule has 0 saturated carbocycles. The van der Waals surface area contributed by atoms with Gasteiger partial charge < -0.3 is 15.0 Å². The Bertz CT molecular complexity index is 658. The first-order chi connectivity index (χ1) is 12.0. The predicted octanol–water partition coefficient (Wildman–Crippen LogP) is 0.892. The van der Waals surface area contributed by atoms with Crippen LogP contribution in [0.1, 0.15) is 6.42 Å². The maximum atomic E-state index is 12.4. The summed E-state index contributed by atoms with van der Waals surface area (Å²) in [7, 11) is -1.75. The molecule has 1 saturated heterocycles. The third-order valence-electron chi connectivity index (χ3n) is 4.07. The Morgan fingerprint density at radius 3 is 2.40 bits per heavy atom. The van der Waals surface area contributed by atoms with Gasteiger partial charge in [0.25, 0.3) is 0 Å². The minimum Gasteiger partial charge on any atom is -0.497 e. The molecule has 1 heterocycles. The van der Waals surface area contributed by atoms with E-state index in [9.17, 15) is 13.2 Å². The number of amides is 1. The Morgan fingerprint density at radius 1 is 1.20 bits per heavy atom. The van der Waals surface area contributed by atoms with Gasteiger partial charge in [0.15, 0.2) is 0 Å². The van der Waals surface area contributed by atoms with Gasteiger partial charge >= 0.3 is 0 Å². The van der Waals surface area contributed by atoms with Gasteiger partial charge in [0.2, 0.25) is 15.9 Å². The number of sulfonamides is 1. The van der Waals surface area contributed by atoms with Crippen molar-refractivity contribution < 1.29 is 17.9 Å². The highest BCUT2D eigenvalue weighted by Gasteiger charge is 2.26. The van der Waals surface area contributed by atoms with E-state index in [1.165, 1.54) is 4.31 Å². The van der Waals surface area contributed by atoms with E-state index in [4.69, 9.17) is 16.3 Å². The number of hydrogen-bond donors (Lipinski definition) is 1. The second-order valence-corrected chi connectivity index (χ2v) is 8.16. The summed E-state index contributed by atoms with van der Waals surface area (Å²) in [6.45, 7) is 2.24. The number of alkyl halides is 1. The van der Waals surface area contributed by atoms with Gasteiger partial charge in [0.1, 0.15) is 5.75 Å². The van der Waals surface area contributed by atoms with Crippen LogP contribution in [-0.4, -0.2) is 70.1 Å². The van der Waals surface area contributed by atoms with Crippen molar-refractivity contribution in [1.82, 2.24) is 9.62 Å². The number of ether oxygens (including phenoxy) is 1. The summed E-state index contributed by atoms with van der Waals surface area (Å²) in [6, 6.07) is 7.72. The maximum absolute atomic E-state index is 12.4. The van der Waals surface area contributed by atoms with Crippen molar-refractivity contribution >= 4 is 33.2 Å². The number of piperazine rings is 1. The molecule has 0 radical (unpaired) electrons. The molecule has 1 amide bonds. The van der Waals surface area contributed by atoms with E-state index >= 15 is 0 Å². The number of nitrogens with one attached hydrogen (secondary N) is 1. The number of carbonyl (C=O) groups excluding carboxylic acids is 1. The Hall–Kier alpha value is -1.51. The summed E-state index contributed by atoms with van der Waals surface area (Å²) in [5.74, 6) is 0.700. The van der Waals surface area contributed by atoms with E-state index in [0.717, 1.165) is 11.4 Å². The number of nitrogens with zero attached hydrogens (tertiary/aromatic N) is 2. The molecule has 0 unspecified atom stereocenters. The fraction of sp³-hybridized carbons (Fsp3) is 0.562. The van der Waals surface area contributed by atoms with Crippen molar-refractivity contribution in [2.45, 2.75) is 6.42 Å². The lowest BCUT2D eigenvalue weighted by Gasteiger charge is -2.35. The highest BCUT2D eigenvalue weighted by Crippen LogP contribution is 2.21. The number of benzene rings is 1. The molecule has 1 aliphatic rings. The SMILES string of the molecule is COc1ccc(N2CCN(S(=O)(=O)CCNC(=O)CCCl)CC2)cc1. The summed E-state index contributed by atoms with van der Waals surface area (Å²) < 4.78 is 31.4. The number of halogens is 1. The van der Waals surface area contributed by atoms with Gasteiger partial charge in [-0.15, -0.1) is 11.6 Å². The van der Waals surface area contributed by atoms with Crippen molar-refractivity contribution in [3.8, 4) is 5.75 Å². The topological polar surface area (TPSA) is 79.0 Å². The molecular weight excluding hydrogens is 366 g/mol. The highest BCUT2D eigenvalue weighted by molar-refractivity contribution is 7.89. The number of methoxy groups -OCH3 is 1. The van der Waals surface area contributed by atoms with Crippen LogP contribution in [0.25, 0.3) is 0 Å². The van der Waals surface area contributed by atoms with Crippen molar-refractivity contribution in [3.05, 3.63) is 24.3 Å². The predicted molar refractivity (Wildman–Crippen MR) is 98.9 cm³/mol. The van der Waals surface area contributed by atoms with E-state index in [0.29, 0.717) is 26.2 Å². The van der Waals surface area contributed by atoms with Crippen LogP contribution in [0.15, 0.2) is 24.3 Å².